The normalized spacial score (nSPS) is 12.8. The summed E-state index contributed by atoms with van der Waals surface area (Å²) < 4.78 is 38.9. The molecule has 0 heterocycles. The largest absolute Gasteiger partial charge is 1.00 e. The number of unbranched alkanes of at least 4 members (excludes halogenated alkanes) is 9. The summed E-state index contributed by atoms with van der Waals surface area (Å²) in [5, 5.41) is 18.7. The Labute approximate surface area is 236 Å². The molecule has 0 bridgehead atoms. The van der Waals surface area contributed by atoms with Crippen LogP contribution in [0, 0.1) is 0 Å². The van der Waals surface area contributed by atoms with Gasteiger partial charge in [-0.25, -0.2) is 13.2 Å². The van der Waals surface area contributed by atoms with Crippen LogP contribution < -0.4 is 34.3 Å². The predicted octanol–water partition coefficient (Wildman–Crippen LogP) is 1.60. The van der Waals surface area contributed by atoms with Gasteiger partial charge in [-0.05, 0) is 18.6 Å². The van der Waals surface area contributed by atoms with Crippen LogP contribution >= 0.6 is 0 Å². The molecule has 0 aliphatic carbocycles. The van der Waals surface area contributed by atoms with E-state index in [9.17, 15) is 27.9 Å². The Morgan fingerprint density at radius 3 is 1.89 bits per heavy atom. The zero-order valence-corrected chi connectivity index (χ0v) is 24.0. The van der Waals surface area contributed by atoms with E-state index < -0.39 is 46.7 Å². The molecule has 0 aliphatic rings. The molecule has 200 valence electrons. The molecule has 0 saturated carbocycles. The van der Waals surface area contributed by atoms with Crippen molar-refractivity contribution in [3.05, 3.63) is 30.3 Å². The van der Waals surface area contributed by atoms with E-state index in [2.05, 4.69) is 11.1 Å². The van der Waals surface area contributed by atoms with Crippen LogP contribution in [0.4, 0.5) is 0 Å². The molecule has 1 aromatic carbocycles. The topological polar surface area (TPSA) is 154 Å². The second kappa shape index (κ2) is 18.7. The van der Waals surface area contributed by atoms with Gasteiger partial charge < -0.3 is 16.4 Å². The summed E-state index contributed by atoms with van der Waals surface area (Å²) in [5.74, 6) is -4.72. The first-order valence-electron chi connectivity index (χ1n) is 11.9. The zero-order valence-electron chi connectivity index (χ0n) is 22.1. The van der Waals surface area contributed by atoms with Gasteiger partial charge in [0.15, 0.2) is 0 Å². The van der Waals surface area contributed by atoms with Crippen LogP contribution in [0.5, 0.6) is 5.75 Å². The summed E-state index contributed by atoms with van der Waals surface area (Å²) in [5.41, 5.74) is -2.92. The van der Waals surface area contributed by atoms with Crippen LogP contribution in [-0.2, 0) is 33.1 Å². The first-order valence-corrected chi connectivity index (χ1v) is 13.2. The van der Waals surface area contributed by atoms with Crippen molar-refractivity contribution in [2.24, 2.45) is 0 Å². The van der Waals surface area contributed by atoms with Crippen LogP contribution in [-0.4, -0.2) is 48.7 Å². The summed E-state index contributed by atoms with van der Waals surface area (Å²) in [4.78, 5) is 35.4. The van der Waals surface area contributed by atoms with Gasteiger partial charge in [0.1, 0.15) is 5.75 Å². The molecule has 12 heteroatoms. The van der Waals surface area contributed by atoms with Gasteiger partial charge >= 0.3 is 57.9 Å². The van der Waals surface area contributed by atoms with E-state index in [1.54, 1.807) is 18.2 Å². The smallest absolute Gasteiger partial charge is 1.00 e. The van der Waals surface area contributed by atoms with E-state index in [4.69, 9.17) is 14.0 Å². The molecule has 0 amide bonds. The van der Waals surface area contributed by atoms with E-state index in [1.807, 2.05) is 0 Å². The molecule has 0 saturated heterocycles. The van der Waals surface area contributed by atoms with Crippen LogP contribution in [0.1, 0.15) is 85.4 Å². The number of carbonyl (C=O) groups excluding carboxylic acids is 1. The molecule has 1 rings (SSSR count). The molecule has 0 radical (unpaired) electrons. The Bertz CT molecular complexity index is 898. The molecular formula is C24H37NaO10S. The molecule has 1 unspecified atom stereocenters. The second-order valence-electron chi connectivity index (χ2n) is 8.33. The molecule has 1 aromatic rings. The minimum atomic E-state index is -4.91. The molecule has 10 nitrogen and oxygen atoms in total. The summed E-state index contributed by atoms with van der Waals surface area (Å²) >= 11 is 0. The van der Waals surface area contributed by atoms with Gasteiger partial charge in [0, 0.05) is 0 Å². The van der Waals surface area contributed by atoms with Crippen molar-refractivity contribution in [1.82, 2.24) is 0 Å². The van der Waals surface area contributed by atoms with Crippen molar-refractivity contribution in [1.29, 1.82) is 0 Å². The van der Waals surface area contributed by atoms with E-state index in [1.165, 1.54) is 44.2 Å². The summed E-state index contributed by atoms with van der Waals surface area (Å²) in [6, 6.07) is 7.62. The summed E-state index contributed by atoms with van der Waals surface area (Å²) in [7, 11) is -4.91. The average molecular weight is 541 g/mol. The van der Waals surface area contributed by atoms with Crippen LogP contribution in [0.25, 0.3) is 0 Å². The van der Waals surface area contributed by atoms with Crippen molar-refractivity contribution in [2.75, 3.05) is 6.61 Å². The zero-order chi connectivity index (χ0) is 26.2. The standard InChI is InChI=1S/C24H36O10S.Na.H/c1-2-3-4-5-6-7-8-9-10-14-17-32-35(30,31)34-24(23(28)29,18-21(25)26)19-22(27)33-20-15-12-11-13-16-20;;/h11-13,15-16H,2-10,14,17-19H2,1H3,(H,25,26)(H,28,29);;/q;+1;-1. The summed E-state index contributed by atoms with van der Waals surface area (Å²) in [6.45, 7) is 1.91. The fourth-order valence-corrected chi connectivity index (χ4v) is 4.36. The number of hydrogen-bond donors (Lipinski definition) is 2. The monoisotopic (exact) mass is 540 g/mol. The number of hydrogen-bond acceptors (Lipinski definition) is 8. The molecule has 0 aromatic heterocycles. The first-order chi connectivity index (χ1) is 16.6. The molecule has 0 fully saturated rings. The number of carboxylic acids is 2. The molecule has 1 atom stereocenters. The van der Waals surface area contributed by atoms with Gasteiger partial charge in [0.25, 0.3) is 0 Å². The van der Waals surface area contributed by atoms with Gasteiger partial charge in [0.05, 0.1) is 19.4 Å². The van der Waals surface area contributed by atoms with Crippen LogP contribution in [0.15, 0.2) is 30.3 Å². The maximum absolute atomic E-state index is 12.3. The van der Waals surface area contributed by atoms with Gasteiger partial charge in [0.2, 0.25) is 5.60 Å². The molecular weight excluding hydrogens is 503 g/mol. The van der Waals surface area contributed by atoms with Crippen LogP contribution in [0.2, 0.25) is 0 Å². The Balaban J connectivity index is 0. The fourth-order valence-electron chi connectivity index (χ4n) is 3.41. The SMILES string of the molecule is CCCCCCCCCCCCOS(=O)(=O)OC(CC(=O)O)(CC(=O)Oc1ccccc1)C(=O)O.[H-].[Na+]. The van der Waals surface area contributed by atoms with Crippen molar-refractivity contribution in [3.8, 4) is 5.75 Å². The predicted molar refractivity (Wildman–Crippen MR) is 128 cm³/mol. The molecule has 0 spiro atoms. The number of aliphatic carboxylic acids is 2. The number of para-hydroxylation sites is 1. The fraction of sp³-hybridized carbons (Fsp3) is 0.625. The number of carboxylic acid groups (broad SMARTS) is 2. The van der Waals surface area contributed by atoms with E-state index in [-0.39, 0.29) is 43.3 Å². The maximum Gasteiger partial charge on any atom is 1.00 e. The number of benzene rings is 1. The number of rotatable bonds is 20. The minimum absolute atomic E-state index is 0. The molecule has 2 N–H and O–H groups in total. The third-order valence-electron chi connectivity index (χ3n) is 5.22. The maximum atomic E-state index is 12.3. The Kier molecular flexibility index (Phi) is 17.9. The summed E-state index contributed by atoms with van der Waals surface area (Å²) in [6.07, 6.45) is 7.78. The van der Waals surface area contributed by atoms with Gasteiger partial charge in [-0.2, -0.15) is 8.42 Å². The number of esters is 1. The minimum Gasteiger partial charge on any atom is -1.00 e. The molecule has 36 heavy (non-hydrogen) atoms. The third kappa shape index (κ3) is 14.9. The van der Waals surface area contributed by atoms with Gasteiger partial charge in [-0.3, -0.25) is 9.59 Å². The van der Waals surface area contributed by atoms with Crippen molar-refractivity contribution in [3.63, 3.8) is 0 Å². The number of carbonyl (C=O) groups is 3. The Hall–Kier alpha value is -1.50. The van der Waals surface area contributed by atoms with Crippen molar-refractivity contribution < 1.29 is 77.1 Å². The quantitative estimate of drug-likeness (QED) is 0.108. The van der Waals surface area contributed by atoms with Crippen molar-refractivity contribution >= 4 is 28.3 Å². The van der Waals surface area contributed by atoms with E-state index >= 15 is 0 Å². The first kappa shape index (κ1) is 34.5. The van der Waals surface area contributed by atoms with E-state index in [0.717, 1.165) is 19.3 Å². The Morgan fingerprint density at radius 1 is 0.861 bits per heavy atom. The second-order valence-corrected chi connectivity index (χ2v) is 9.55. The third-order valence-corrected chi connectivity index (χ3v) is 6.20. The Morgan fingerprint density at radius 2 is 1.39 bits per heavy atom. The average Bonchev–Trinajstić information content (AvgIpc) is 2.77. The molecule has 0 aliphatic heterocycles. The number of ether oxygens (including phenoxy) is 1. The van der Waals surface area contributed by atoms with Crippen molar-refractivity contribution in [2.45, 2.75) is 89.6 Å². The van der Waals surface area contributed by atoms with Gasteiger partial charge in [-0.15, -0.1) is 0 Å². The van der Waals surface area contributed by atoms with Gasteiger partial charge in [-0.1, -0.05) is 82.9 Å². The van der Waals surface area contributed by atoms with Crippen LogP contribution in [0.3, 0.4) is 0 Å². The van der Waals surface area contributed by atoms with E-state index in [0.29, 0.717) is 12.8 Å².